The number of anilines is 1. The zero-order valence-electron chi connectivity index (χ0n) is 9.19. The third kappa shape index (κ3) is 3.49. The molecule has 0 saturated carbocycles. The van der Waals surface area contributed by atoms with Gasteiger partial charge in [-0.1, -0.05) is 6.07 Å². The quantitative estimate of drug-likeness (QED) is 0.843. The molecular weight excluding hydrogens is 256 g/mol. The van der Waals surface area contributed by atoms with Crippen molar-refractivity contribution in [3.05, 3.63) is 58.3 Å². The standard InChI is InChI=1S/C13H9F2NOS/c14-9-6-10(15)8-11(7-9)16-13(17)4-3-12-2-1-5-18-12/h1-8H,(H,16,17)/b4-3+. The summed E-state index contributed by atoms with van der Waals surface area (Å²) >= 11 is 1.49. The van der Waals surface area contributed by atoms with E-state index in [1.807, 2.05) is 17.5 Å². The lowest BCUT2D eigenvalue weighted by atomic mass is 10.3. The third-order valence-corrected chi connectivity index (χ3v) is 2.91. The molecule has 18 heavy (non-hydrogen) atoms. The maximum absolute atomic E-state index is 12.9. The van der Waals surface area contributed by atoms with Crippen LogP contribution in [0.3, 0.4) is 0 Å². The van der Waals surface area contributed by atoms with E-state index in [1.165, 1.54) is 17.4 Å². The lowest BCUT2D eigenvalue weighted by molar-refractivity contribution is -0.111. The fourth-order valence-corrected chi connectivity index (χ4v) is 1.97. The fourth-order valence-electron chi connectivity index (χ4n) is 1.35. The molecule has 2 aromatic rings. The lowest BCUT2D eigenvalue weighted by Gasteiger charge is -2.02. The van der Waals surface area contributed by atoms with E-state index in [0.29, 0.717) is 0 Å². The first-order chi connectivity index (χ1) is 8.63. The molecule has 0 atom stereocenters. The summed E-state index contributed by atoms with van der Waals surface area (Å²) in [5, 5.41) is 4.27. The summed E-state index contributed by atoms with van der Waals surface area (Å²) in [6.07, 6.45) is 2.95. The fraction of sp³-hybridized carbons (Fsp3) is 0. The van der Waals surface area contributed by atoms with Crippen LogP contribution in [0.15, 0.2) is 41.8 Å². The molecule has 1 amide bonds. The highest BCUT2D eigenvalue weighted by atomic mass is 32.1. The van der Waals surface area contributed by atoms with Crippen molar-refractivity contribution in [2.24, 2.45) is 0 Å². The minimum atomic E-state index is -0.729. The topological polar surface area (TPSA) is 29.1 Å². The highest BCUT2D eigenvalue weighted by molar-refractivity contribution is 7.10. The molecule has 1 N–H and O–H groups in total. The smallest absolute Gasteiger partial charge is 0.248 e. The van der Waals surface area contributed by atoms with Gasteiger partial charge in [-0.3, -0.25) is 4.79 Å². The average Bonchev–Trinajstić information content (AvgIpc) is 2.77. The zero-order chi connectivity index (χ0) is 13.0. The van der Waals surface area contributed by atoms with E-state index in [1.54, 1.807) is 6.08 Å². The van der Waals surface area contributed by atoms with Gasteiger partial charge in [0.25, 0.3) is 0 Å². The second-order valence-electron chi connectivity index (χ2n) is 3.50. The van der Waals surface area contributed by atoms with Gasteiger partial charge in [0, 0.05) is 22.7 Å². The molecule has 0 spiro atoms. The second-order valence-corrected chi connectivity index (χ2v) is 4.48. The number of rotatable bonds is 3. The maximum Gasteiger partial charge on any atom is 0.248 e. The number of carbonyl (C=O) groups excluding carboxylic acids is 1. The van der Waals surface area contributed by atoms with E-state index in [2.05, 4.69) is 5.32 Å². The van der Waals surface area contributed by atoms with Crippen molar-refractivity contribution in [1.82, 2.24) is 0 Å². The molecule has 1 aromatic heterocycles. The Balaban J connectivity index is 2.03. The zero-order valence-corrected chi connectivity index (χ0v) is 10.0. The minimum absolute atomic E-state index is 0.0910. The van der Waals surface area contributed by atoms with Crippen molar-refractivity contribution >= 4 is 29.0 Å². The lowest BCUT2D eigenvalue weighted by Crippen LogP contribution is -2.08. The largest absolute Gasteiger partial charge is 0.322 e. The van der Waals surface area contributed by atoms with Crippen molar-refractivity contribution in [3.8, 4) is 0 Å². The van der Waals surface area contributed by atoms with Gasteiger partial charge in [0.1, 0.15) is 11.6 Å². The van der Waals surface area contributed by atoms with Gasteiger partial charge < -0.3 is 5.32 Å². The van der Waals surface area contributed by atoms with Crippen LogP contribution in [0.2, 0.25) is 0 Å². The molecule has 0 radical (unpaired) electrons. The summed E-state index contributed by atoms with van der Waals surface area (Å²) in [5.41, 5.74) is 0.0910. The van der Waals surface area contributed by atoms with Crippen molar-refractivity contribution in [1.29, 1.82) is 0 Å². The van der Waals surface area contributed by atoms with Crippen LogP contribution in [0.25, 0.3) is 6.08 Å². The highest BCUT2D eigenvalue weighted by Gasteiger charge is 2.02. The molecule has 5 heteroatoms. The summed E-state index contributed by atoms with van der Waals surface area (Å²) in [7, 11) is 0. The molecule has 0 aliphatic rings. The monoisotopic (exact) mass is 265 g/mol. The van der Waals surface area contributed by atoms with Gasteiger partial charge in [-0.25, -0.2) is 8.78 Å². The molecule has 0 saturated heterocycles. The number of hydrogen-bond donors (Lipinski definition) is 1. The third-order valence-electron chi connectivity index (χ3n) is 2.07. The van der Waals surface area contributed by atoms with Gasteiger partial charge in [-0.05, 0) is 29.7 Å². The van der Waals surface area contributed by atoms with Crippen LogP contribution in [-0.2, 0) is 4.79 Å². The first-order valence-corrected chi connectivity index (χ1v) is 6.00. The molecule has 0 bridgehead atoms. The average molecular weight is 265 g/mol. The number of nitrogens with one attached hydrogen (secondary N) is 1. The van der Waals surface area contributed by atoms with Crippen molar-refractivity contribution in [2.45, 2.75) is 0 Å². The summed E-state index contributed by atoms with van der Waals surface area (Å²) in [4.78, 5) is 12.4. The van der Waals surface area contributed by atoms with Crippen molar-refractivity contribution < 1.29 is 13.6 Å². The number of thiophene rings is 1. The van der Waals surface area contributed by atoms with Crippen LogP contribution in [0.1, 0.15) is 4.88 Å². The second kappa shape index (κ2) is 5.55. The van der Waals surface area contributed by atoms with Crippen LogP contribution in [0, 0.1) is 11.6 Å². The maximum atomic E-state index is 12.9. The molecule has 0 fully saturated rings. The van der Waals surface area contributed by atoms with E-state index >= 15 is 0 Å². The van der Waals surface area contributed by atoms with Crippen molar-refractivity contribution in [3.63, 3.8) is 0 Å². The first kappa shape index (κ1) is 12.4. The minimum Gasteiger partial charge on any atom is -0.322 e. The van der Waals surface area contributed by atoms with E-state index in [-0.39, 0.29) is 5.69 Å². The molecule has 0 unspecified atom stereocenters. The molecular formula is C13H9F2NOS. The summed E-state index contributed by atoms with van der Waals surface area (Å²) in [6.45, 7) is 0. The van der Waals surface area contributed by atoms with E-state index in [4.69, 9.17) is 0 Å². The summed E-state index contributed by atoms with van der Waals surface area (Å²) in [5.74, 6) is -1.89. The Morgan fingerprint density at radius 3 is 2.56 bits per heavy atom. The Morgan fingerprint density at radius 2 is 1.94 bits per heavy atom. The Bertz CT molecular complexity index is 558. The molecule has 0 aliphatic carbocycles. The molecule has 92 valence electrons. The van der Waals surface area contributed by atoms with Crippen molar-refractivity contribution in [2.75, 3.05) is 5.32 Å². The SMILES string of the molecule is O=C(/C=C/c1cccs1)Nc1cc(F)cc(F)c1. The van der Waals surface area contributed by atoms with Gasteiger partial charge in [0.05, 0.1) is 0 Å². The molecule has 1 aromatic carbocycles. The molecule has 2 nitrogen and oxygen atoms in total. The van der Waals surface area contributed by atoms with E-state index < -0.39 is 17.5 Å². The molecule has 2 rings (SSSR count). The summed E-state index contributed by atoms with van der Waals surface area (Å²) < 4.78 is 25.8. The van der Waals surface area contributed by atoms with Gasteiger partial charge in [-0.15, -0.1) is 11.3 Å². The summed E-state index contributed by atoms with van der Waals surface area (Å²) in [6, 6.07) is 6.58. The Kier molecular flexibility index (Phi) is 3.84. The molecule has 0 aliphatic heterocycles. The van der Waals surface area contributed by atoms with Gasteiger partial charge in [0.15, 0.2) is 0 Å². The van der Waals surface area contributed by atoms with Crippen LogP contribution in [0.4, 0.5) is 14.5 Å². The number of carbonyl (C=O) groups is 1. The normalized spacial score (nSPS) is 10.8. The highest BCUT2D eigenvalue weighted by Crippen LogP contribution is 2.13. The Labute approximate surface area is 107 Å². The Hall–Kier alpha value is -2.01. The van der Waals surface area contributed by atoms with Gasteiger partial charge in [-0.2, -0.15) is 0 Å². The number of hydrogen-bond acceptors (Lipinski definition) is 2. The van der Waals surface area contributed by atoms with Gasteiger partial charge in [0.2, 0.25) is 5.91 Å². The number of benzene rings is 1. The predicted octanol–water partition coefficient (Wildman–Crippen LogP) is 3.68. The van der Waals surface area contributed by atoms with E-state index in [9.17, 15) is 13.6 Å². The van der Waals surface area contributed by atoms with Gasteiger partial charge >= 0.3 is 0 Å². The molecule has 1 heterocycles. The Morgan fingerprint density at radius 1 is 1.22 bits per heavy atom. The van der Waals surface area contributed by atoms with Crippen LogP contribution in [-0.4, -0.2) is 5.91 Å². The van der Waals surface area contributed by atoms with Crippen LogP contribution < -0.4 is 5.32 Å². The van der Waals surface area contributed by atoms with Crippen LogP contribution in [0.5, 0.6) is 0 Å². The first-order valence-electron chi connectivity index (χ1n) is 5.12. The van der Waals surface area contributed by atoms with E-state index in [0.717, 1.165) is 23.1 Å². The predicted molar refractivity (Wildman–Crippen MR) is 68.3 cm³/mol. The number of halogens is 2. The van der Waals surface area contributed by atoms with Crippen LogP contribution >= 0.6 is 11.3 Å². The number of amides is 1.